The van der Waals surface area contributed by atoms with Gasteiger partial charge in [-0.05, 0) is 18.2 Å². The van der Waals surface area contributed by atoms with Gasteiger partial charge in [-0.25, -0.2) is 18.2 Å². The number of fused-ring (bicyclic) bond motifs is 1. The molecule has 21 heavy (non-hydrogen) atoms. The summed E-state index contributed by atoms with van der Waals surface area (Å²) in [6, 6.07) is 6.53. The smallest absolute Gasteiger partial charge is 0.183 e. The molecule has 3 aromatic rings. The number of aromatic nitrogens is 2. The molecule has 0 unspecified atom stereocenters. The quantitative estimate of drug-likeness (QED) is 0.458. The number of benzene rings is 2. The van der Waals surface area contributed by atoms with Crippen molar-refractivity contribution in [2.24, 2.45) is 0 Å². The molecule has 0 spiro atoms. The summed E-state index contributed by atoms with van der Waals surface area (Å²) in [6.45, 7) is 0. The van der Waals surface area contributed by atoms with Gasteiger partial charge < -0.3 is 0 Å². The average molecular weight is 376 g/mol. The Morgan fingerprint density at radius 3 is 2.62 bits per heavy atom. The van der Waals surface area contributed by atoms with Crippen molar-refractivity contribution < 1.29 is 13.2 Å². The summed E-state index contributed by atoms with van der Waals surface area (Å²) >= 11 is 9.13. The van der Waals surface area contributed by atoms with Crippen LogP contribution in [0.25, 0.3) is 16.7 Å². The van der Waals surface area contributed by atoms with Gasteiger partial charge in [-0.2, -0.15) is 0 Å². The Balaban J connectivity index is 2.39. The zero-order chi connectivity index (χ0) is 15.1. The molecule has 3 rings (SSSR count). The maximum atomic E-state index is 14.0. The van der Waals surface area contributed by atoms with Crippen molar-refractivity contribution in [2.75, 3.05) is 0 Å². The standard InChI is InChI=1S/C14H7BrClF3N2/c15-7-1-2-11-10(3-7)20-13(6-16)21(11)12-5-8(17)4-9(18)14(12)19/h1-5H,6H2. The molecule has 0 aliphatic rings. The maximum Gasteiger partial charge on any atom is 0.183 e. The molecule has 108 valence electrons. The largest absolute Gasteiger partial charge is 0.292 e. The lowest BCUT2D eigenvalue weighted by Gasteiger charge is -2.10. The number of halogens is 5. The minimum Gasteiger partial charge on any atom is -0.292 e. The minimum atomic E-state index is -1.26. The molecule has 0 radical (unpaired) electrons. The van der Waals surface area contributed by atoms with Crippen molar-refractivity contribution in [1.29, 1.82) is 0 Å². The van der Waals surface area contributed by atoms with Crippen LogP contribution in [0.5, 0.6) is 0 Å². The second-order valence-electron chi connectivity index (χ2n) is 4.35. The van der Waals surface area contributed by atoms with Crippen LogP contribution in [-0.2, 0) is 5.88 Å². The molecule has 1 aromatic heterocycles. The van der Waals surface area contributed by atoms with Crippen molar-refractivity contribution >= 4 is 38.6 Å². The van der Waals surface area contributed by atoms with Crippen LogP contribution in [0.4, 0.5) is 13.2 Å². The van der Waals surface area contributed by atoms with Crippen molar-refractivity contribution in [3.63, 3.8) is 0 Å². The Morgan fingerprint density at radius 1 is 1.14 bits per heavy atom. The summed E-state index contributed by atoms with van der Waals surface area (Å²) < 4.78 is 43.0. The number of hydrogen-bond donors (Lipinski definition) is 0. The van der Waals surface area contributed by atoms with Crippen LogP contribution in [0.2, 0.25) is 0 Å². The molecule has 0 N–H and O–H groups in total. The predicted octanol–water partition coefficient (Wildman–Crippen LogP) is 4.94. The third-order valence-electron chi connectivity index (χ3n) is 3.02. The van der Waals surface area contributed by atoms with Crippen LogP contribution in [0.1, 0.15) is 5.82 Å². The molecule has 0 amide bonds. The molecule has 1 heterocycles. The van der Waals surface area contributed by atoms with Gasteiger partial charge in [0.2, 0.25) is 0 Å². The zero-order valence-electron chi connectivity index (χ0n) is 10.4. The van der Waals surface area contributed by atoms with Gasteiger partial charge in [0.1, 0.15) is 11.6 Å². The van der Waals surface area contributed by atoms with E-state index in [9.17, 15) is 13.2 Å². The molecule has 7 heteroatoms. The monoisotopic (exact) mass is 374 g/mol. The molecule has 0 saturated heterocycles. The Morgan fingerprint density at radius 2 is 1.90 bits per heavy atom. The highest BCUT2D eigenvalue weighted by Gasteiger charge is 2.18. The fourth-order valence-electron chi connectivity index (χ4n) is 2.17. The minimum absolute atomic E-state index is 0.0239. The highest BCUT2D eigenvalue weighted by molar-refractivity contribution is 9.10. The molecular formula is C14H7BrClF3N2. The van der Waals surface area contributed by atoms with Crippen LogP contribution in [0.15, 0.2) is 34.8 Å². The van der Waals surface area contributed by atoms with Gasteiger partial charge in [-0.15, -0.1) is 11.6 Å². The van der Waals surface area contributed by atoms with E-state index in [0.29, 0.717) is 22.9 Å². The van der Waals surface area contributed by atoms with E-state index in [2.05, 4.69) is 20.9 Å². The van der Waals surface area contributed by atoms with Crippen LogP contribution in [-0.4, -0.2) is 9.55 Å². The molecular weight excluding hydrogens is 369 g/mol. The van der Waals surface area contributed by atoms with Crippen molar-refractivity contribution in [3.05, 3.63) is 58.1 Å². The van der Waals surface area contributed by atoms with E-state index in [0.717, 1.165) is 10.5 Å². The Labute approximate surface area is 131 Å². The first-order chi connectivity index (χ1) is 10.0. The molecule has 0 aliphatic heterocycles. The van der Waals surface area contributed by atoms with Crippen molar-refractivity contribution in [3.8, 4) is 5.69 Å². The normalized spacial score (nSPS) is 11.3. The first-order valence-electron chi connectivity index (χ1n) is 5.89. The van der Waals surface area contributed by atoms with Crippen molar-refractivity contribution in [1.82, 2.24) is 9.55 Å². The van der Waals surface area contributed by atoms with Crippen LogP contribution >= 0.6 is 27.5 Å². The number of alkyl halides is 1. The van der Waals surface area contributed by atoms with Crippen molar-refractivity contribution in [2.45, 2.75) is 5.88 Å². The molecule has 0 saturated carbocycles. The molecule has 2 aromatic carbocycles. The predicted molar refractivity (Wildman–Crippen MR) is 78.2 cm³/mol. The average Bonchev–Trinajstić information content (AvgIpc) is 2.80. The lowest BCUT2D eigenvalue weighted by Crippen LogP contribution is -2.04. The summed E-state index contributed by atoms with van der Waals surface area (Å²) in [5, 5.41) is 0. The van der Waals surface area contributed by atoms with Gasteiger partial charge in [-0.1, -0.05) is 15.9 Å². The maximum absolute atomic E-state index is 14.0. The second kappa shape index (κ2) is 5.35. The number of imidazole rings is 1. The highest BCUT2D eigenvalue weighted by Crippen LogP contribution is 2.28. The summed E-state index contributed by atoms with van der Waals surface area (Å²) in [5.74, 6) is -3.00. The van der Waals surface area contributed by atoms with E-state index in [4.69, 9.17) is 11.6 Å². The first-order valence-corrected chi connectivity index (χ1v) is 7.22. The summed E-state index contributed by atoms with van der Waals surface area (Å²) in [6.07, 6.45) is 0. The fraction of sp³-hybridized carbons (Fsp3) is 0.0714. The molecule has 2 nitrogen and oxygen atoms in total. The molecule has 0 aliphatic carbocycles. The molecule has 0 bridgehead atoms. The molecule has 0 atom stereocenters. The van der Waals surface area contributed by atoms with Gasteiger partial charge in [0.15, 0.2) is 11.6 Å². The van der Waals surface area contributed by atoms with Crippen LogP contribution < -0.4 is 0 Å². The zero-order valence-corrected chi connectivity index (χ0v) is 12.7. The van der Waals surface area contributed by atoms with E-state index in [-0.39, 0.29) is 11.6 Å². The van der Waals surface area contributed by atoms with Gasteiger partial charge in [-0.3, -0.25) is 4.57 Å². The van der Waals surface area contributed by atoms with Gasteiger partial charge >= 0.3 is 0 Å². The lowest BCUT2D eigenvalue weighted by molar-refractivity contribution is 0.490. The number of nitrogens with zero attached hydrogens (tertiary/aromatic N) is 2. The highest BCUT2D eigenvalue weighted by atomic mass is 79.9. The van der Waals surface area contributed by atoms with E-state index in [1.54, 1.807) is 18.2 Å². The van der Waals surface area contributed by atoms with E-state index in [1.807, 2.05) is 0 Å². The summed E-state index contributed by atoms with van der Waals surface area (Å²) in [5.41, 5.74) is 0.801. The van der Waals surface area contributed by atoms with Gasteiger partial charge in [0.25, 0.3) is 0 Å². The number of rotatable bonds is 2. The SMILES string of the molecule is Fc1cc(F)c(F)c(-n2c(CCl)nc3cc(Br)ccc32)c1. The third-order valence-corrected chi connectivity index (χ3v) is 3.75. The summed E-state index contributed by atoms with van der Waals surface area (Å²) in [7, 11) is 0. The first kappa shape index (κ1) is 14.4. The Bertz CT molecular complexity index is 848. The van der Waals surface area contributed by atoms with Gasteiger partial charge in [0, 0.05) is 16.6 Å². The second-order valence-corrected chi connectivity index (χ2v) is 5.53. The Kier molecular flexibility index (Phi) is 3.67. The Hall–Kier alpha value is -1.53. The van der Waals surface area contributed by atoms with Crippen LogP contribution in [0.3, 0.4) is 0 Å². The topological polar surface area (TPSA) is 17.8 Å². The van der Waals surface area contributed by atoms with Crippen LogP contribution in [0, 0.1) is 17.5 Å². The third kappa shape index (κ3) is 2.42. The van der Waals surface area contributed by atoms with E-state index in [1.165, 1.54) is 4.57 Å². The summed E-state index contributed by atoms with van der Waals surface area (Å²) in [4.78, 5) is 4.26. The molecule has 0 fully saturated rings. The van der Waals surface area contributed by atoms with E-state index < -0.39 is 17.5 Å². The van der Waals surface area contributed by atoms with E-state index >= 15 is 0 Å². The fourth-order valence-corrected chi connectivity index (χ4v) is 2.70. The lowest BCUT2D eigenvalue weighted by atomic mass is 10.2. The number of hydrogen-bond acceptors (Lipinski definition) is 1. The van der Waals surface area contributed by atoms with Gasteiger partial charge in [0.05, 0.1) is 22.6 Å².